The summed E-state index contributed by atoms with van der Waals surface area (Å²) in [7, 11) is 0. The summed E-state index contributed by atoms with van der Waals surface area (Å²) in [5.74, 6) is 0.683. The Labute approximate surface area is 151 Å². The topological polar surface area (TPSA) is 12.0 Å². The molecule has 128 valence electrons. The molecule has 1 atom stereocenters. The first-order valence-electron chi connectivity index (χ1n) is 9.13. The van der Waals surface area contributed by atoms with E-state index in [1.54, 1.807) is 0 Å². The van der Waals surface area contributed by atoms with Gasteiger partial charge in [0, 0.05) is 23.0 Å². The first-order valence-corrected chi connectivity index (χ1v) is 9.51. The lowest BCUT2D eigenvalue weighted by atomic mass is 9.59. The van der Waals surface area contributed by atoms with Gasteiger partial charge >= 0.3 is 0 Å². The minimum atomic E-state index is 0.267. The van der Waals surface area contributed by atoms with Crippen LogP contribution in [0.1, 0.15) is 50.7 Å². The number of hydrogen-bond acceptors (Lipinski definition) is 1. The van der Waals surface area contributed by atoms with Crippen molar-refractivity contribution in [3.63, 3.8) is 0 Å². The van der Waals surface area contributed by atoms with E-state index in [0.717, 1.165) is 11.6 Å². The standard InChI is InChI=1S/C22H28ClN/c1-17(2)15-21(24-16-18-7-4-3-5-8-18)22(13-6-14-22)19-9-11-20(23)12-10-19/h3-5,7-12,17,21,24H,6,13-16H2,1-2H3. The van der Waals surface area contributed by atoms with E-state index >= 15 is 0 Å². The molecular weight excluding hydrogens is 314 g/mol. The van der Waals surface area contributed by atoms with Crippen LogP contribution in [-0.4, -0.2) is 6.04 Å². The number of halogens is 1. The molecule has 1 N–H and O–H groups in total. The molecule has 1 nitrogen and oxygen atoms in total. The van der Waals surface area contributed by atoms with E-state index in [0.29, 0.717) is 12.0 Å². The van der Waals surface area contributed by atoms with Crippen LogP contribution in [0.2, 0.25) is 5.02 Å². The maximum absolute atomic E-state index is 6.11. The summed E-state index contributed by atoms with van der Waals surface area (Å²) in [5.41, 5.74) is 3.07. The van der Waals surface area contributed by atoms with Gasteiger partial charge in [-0.3, -0.25) is 0 Å². The summed E-state index contributed by atoms with van der Waals surface area (Å²) in [6, 6.07) is 19.8. The van der Waals surface area contributed by atoms with E-state index in [1.807, 2.05) is 12.1 Å². The Morgan fingerprint density at radius 3 is 2.21 bits per heavy atom. The molecule has 1 saturated carbocycles. The summed E-state index contributed by atoms with van der Waals surface area (Å²) in [6.45, 7) is 5.59. The van der Waals surface area contributed by atoms with Gasteiger partial charge in [-0.15, -0.1) is 0 Å². The second-order valence-electron chi connectivity index (χ2n) is 7.57. The van der Waals surface area contributed by atoms with Crippen molar-refractivity contribution in [2.75, 3.05) is 0 Å². The van der Waals surface area contributed by atoms with Gasteiger partial charge in [0.2, 0.25) is 0 Å². The third-order valence-electron chi connectivity index (χ3n) is 5.43. The maximum Gasteiger partial charge on any atom is 0.0406 e. The van der Waals surface area contributed by atoms with Gasteiger partial charge in [0.25, 0.3) is 0 Å². The molecule has 1 aliphatic carbocycles. The fourth-order valence-corrected chi connectivity index (χ4v) is 4.12. The molecule has 0 spiro atoms. The second-order valence-corrected chi connectivity index (χ2v) is 8.00. The van der Waals surface area contributed by atoms with Crippen LogP contribution in [-0.2, 0) is 12.0 Å². The zero-order valence-corrected chi connectivity index (χ0v) is 15.5. The minimum Gasteiger partial charge on any atom is -0.309 e. The van der Waals surface area contributed by atoms with Crippen LogP contribution in [0.15, 0.2) is 54.6 Å². The van der Waals surface area contributed by atoms with Crippen LogP contribution < -0.4 is 5.32 Å². The minimum absolute atomic E-state index is 0.267. The molecule has 0 saturated heterocycles. The average molecular weight is 342 g/mol. The summed E-state index contributed by atoms with van der Waals surface area (Å²) in [5, 5.41) is 4.72. The van der Waals surface area contributed by atoms with Crippen molar-refractivity contribution in [3.05, 3.63) is 70.7 Å². The first kappa shape index (κ1) is 17.5. The van der Waals surface area contributed by atoms with E-state index in [-0.39, 0.29) is 5.41 Å². The van der Waals surface area contributed by atoms with E-state index in [1.165, 1.54) is 36.8 Å². The van der Waals surface area contributed by atoms with Crippen LogP contribution in [0.25, 0.3) is 0 Å². The SMILES string of the molecule is CC(C)CC(NCc1ccccc1)C1(c2ccc(Cl)cc2)CCC1. The van der Waals surface area contributed by atoms with Crippen LogP contribution in [0.3, 0.4) is 0 Å². The Morgan fingerprint density at radius 2 is 1.67 bits per heavy atom. The molecule has 0 aliphatic heterocycles. The molecule has 1 aliphatic rings. The molecule has 1 fully saturated rings. The molecule has 0 heterocycles. The largest absolute Gasteiger partial charge is 0.309 e. The number of hydrogen-bond donors (Lipinski definition) is 1. The Hall–Kier alpha value is -1.31. The predicted molar refractivity (Wildman–Crippen MR) is 104 cm³/mol. The van der Waals surface area contributed by atoms with Crippen LogP contribution >= 0.6 is 11.6 Å². The molecule has 3 rings (SSSR count). The number of nitrogens with one attached hydrogen (secondary N) is 1. The van der Waals surface area contributed by atoms with Crippen LogP contribution in [0.5, 0.6) is 0 Å². The van der Waals surface area contributed by atoms with E-state index < -0.39 is 0 Å². The zero-order chi connectivity index (χ0) is 17.0. The lowest BCUT2D eigenvalue weighted by Crippen LogP contribution is -2.53. The summed E-state index contributed by atoms with van der Waals surface area (Å²) in [6.07, 6.45) is 5.07. The fourth-order valence-electron chi connectivity index (χ4n) is 3.99. The monoisotopic (exact) mass is 341 g/mol. The Kier molecular flexibility index (Phi) is 5.63. The van der Waals surface area contributed by atoms with Crippen LogP contribution in [0, 0.1) is 5.92 Å². The van der Waals surface area contributed by atoms with Gasteiger partial charge in [-0.2, -0.15) is 0 Å². The molecular formula is C22H28ClN. The highest BCUT2D eigenvalue weighted by molar-refractivity contribution is 6.30. The van der Waals surface area contributed by atoms with Crippen molar-refractivity contribution < 1.29 is 0 Å². The van der Waals surface area contributed by atoms with Gasteiger partial charge in [0.15, 0.2) is 0 Å². The average Bonchev–Trinajstić information content (AvgIpc) is 2.53. The summed E-state index contributed by atoms with van der Waals surface area (Å²) in [4.78, 5) is 0. The highest BCUT2D eigenvalue weighted by Gasteiger charge is 2.45. The Balaban J connectivity index is 1.81. The molecule has 2 aromatic rings. The van der Waals surface area contributed by atoms with Gasteiger partial charge in [0.1, 0.15) is 0 Å². The molecule has 0 radical (unpaired) electrons. The summed E-state index contributed by atoms with van der Waals surface area (Å²) < 4.78 is 0. The van der Waals surface area contributed by atoms with Gasteiger partial charge < -0.3 is 5.32 Å². The normalized spacial score (nSPS) is 17.5. The quantitative estimate of drug-likeness (QED) is 0.654. The molecule has 1 unspecified atom stereocenters. The van der Waals surface area contributed by atoms with Crippen LogP contribution in [0.4, 0.5) is 0 Å². The van der Waals surface area contributed by atoms with E-state index in [9.17, 15) is 0 Å². The first-order chi connectivity index (χ1) is 11.6. The van der Waals surface area contributed by atoms with Crippen molar-refractivity contribution >= 4 is 11.6 Å². The molecule has 0 bridgehead atoms. The van der Waals surface area contributed by atoms with Gasteiger partial charge in [-0.1, -0.05) is 74.3 Å². The van der Waals surface area contributed by atoms with Crippen molar-refractivity contribution in [2.45, 2.75) is 57.5 Å². The molecule has 24 heavy (non-hydrogen) atoms. The lowest BCUT2D eigenvalue weighted by Gasteiger charge is -2.49. The lowest BCUT2D eigenvalue weighted by molar-refractivity contribution is 0.150. The number of rotatable bonds is 7. The van der Waals surface area contributed by atoms with Crippen molar-refractivity contribution in [1.82, 2.24) is 5.32 Å². The van der Waals surface area contributed by atoms with Gasteiger partial charge in [0.05, 0.1) is 0 Å². The smallest absolute Gasteiger partial charge is 0.0406 e. The van der Waals surface area contributed by atoms with Crippen molar-refractivity contribution in [1.29, 1.82) is 0 Å². The van der Waals surface area contributed by atoms with Gasteiger partial charge in [-0.25, -0.2) is 0 Å². The molecule has 0 amide bonds. The maximum atomic E-state index is 6.11. The predicted octanol–water partition coefficient (Wildman–Crippen LogP) is 5.97. The Morgan fingerprint density at radius 1 is 1.00 bits per heavy atom. The highest BCUT2D eigenvalue weighted by Crippen LogP contribution is 2.48. The Bertz CT molecular complexity index is 629. The van der Waals surface area contributed by atoms with Crippen molar-refractivity contribution in [3.8, 4) is 0 Å². The summed E-state index contributed by atoms with van der Waals surface area (Å²) >= 11 is 6.11. The molecule has 0 aromatic heterocycles. The second kappa shape index (κ2) is 7.72. The van der Waals surface area contributed by atoms with E-state index in [2.05, 4.69) is 61.6 Å². The van der Waals surface area contributed by atoms with E-state index in [4.69, 9.17) is 11.6 Å². The van der Waals surface area contributed by atoms with Crippen molar-refractivity contribution in [2.24, 2.45) is 5.92 Å². The van der Waals surface area contributed by atoms with Gasteiger partial charge in [-0.05, 0) is 48.4 Å². The molecule has 2 heteroatoms. The highest BCUT2D eigenvalue weighted by atomic mass is 35.5. The number of benzene rings is 2. The molecule has 2 aromatic carbocycles. The zero-order valence-electron chi connectivity index (χ0n) is 14.8. The third-order valence-corrected chi connectivity index (χ3v) is 5.69. The fraction of sp³-hybridized carbons (Fsp3) is 0.455. The third kappa shape index (κ3) is 3.84.